The SMILES string of the molecule is Cc1cc(OCc2ccc(C(=O)Nc3cccc(CN4CCOCC4)c3)o2)ccc1[N+](=O)[O-]. The minimum absolute atomic E-state index is 0.0355. The molecule has 0 unspecified atom stereocenters. The molecule has 1 N–H and O–H groups in total. The van der Waals surface area contributed by atoms with E-state index in [1.807, 2.05) is 24.3 Å². The van der Waals surface area contributed by atoms with Gasteiger partial charge in [-0.1, -0.05) is 12.1 Å². The molecule has 0 atom stereocenters. The van der Waals surface area contributed by atoms with Crippen LogP contribution in [0.4, 0.5) is 11.4 Å². The molecule has 0 saturated carbocycles. The van der Waals surface area contributed by atoms with Crippen LogP contribution in [0.15, 0.2) is 59.0 Å². The van der Waals surface area contributed by atoms with Gasteiger partial charge in [-0.15, -0.1) is 0 Å². The number of furan rings is 1. The summed E-state index contributed by atoms with van der Waals surface area (Å²) >= 11 is 0. The number of nitrogens with zero attached hydrogens (tertiary/aromatic N) is 2. The van der Waals surface area contributed by atoms with Crippen molar-refractivity contribution < 1.29 is 23.6 Å². The first-order chi connectivity index (χ1) is 16.0. The lowest BCUT2D eigenvalue weighted by Gasteiger charge is -2.26. The minimum atomic E-state index is -0.436. The average molecular weight is 451 g/mol. The average Bonchev–Trinajstić information content (AvgIpc) is 3.28. The second-order valence-electron chi connectivity index (χ2n) is 7.80. The fourth-order valence-corrected chi connectivity index (χ4v) is 3.61. The van der Waals surface area contributed by atoms with Crippen molar-refractivity contribution in [2.75, 3.05) is 31.6 Å². The normalized spacial score (nSPS) is 14.1. The number of carbonyl (C=O) groups excluding carboxylic acids is 1. The number of amides is 1. The first-order valence-electron chi connectivity index (χ1n) is 10.6. The van der Waals surface area contributed by atoms with Crippen LogP contribution in [0, 0.1) is 17.0 Å². The molecule has 1 aliphatic rings. The Morgan fingerprint density at radius 1 is 1.15 bits per heavy atom. The number of ether oxygens (including phenoxy) is 2. The summed E-state index contributed by atoms with van der Waals surface area (Å²) in [6.45, 7) is 5.82. The number of nitro benzene ring substituents is 1. The predicted molar refractivity (Wildman–Crippen MR) is 121 cm³/mol. The first-order valence-corrected chi connectivity index (χ1v) is 10.6. The third-order valence-corrected chi connectivity index (χ3v) is 5.33. The summed E-state index contributed by atoms with van der Waals surface area (Å²) in [6.07, 6.45) is 0. The maximum atomic E-state index is 12.6. The van der Waals surface area contributed by atoms with E-state index in [1.54, 1.807) is 25.1 Å². The van der Waals surface area contributed by atoms with E-state index in [0.29, 0.717) is 22.8 Å². The highest BCUT2D eigenvalue weighted by Gasteiger charge is 2.15. The monoisotopic (exact) mass is 451 g/mol. The van der Waals surface area contributed by atoms with Gasteiger partial charge in [0.05, 0.1) is 18.1 Å². The van der Waals surface area contributed by atoms with E-state index in [1.165, 1.54) is 12.1 Å². The maximum Gasteiger partial charge on any atom is 0.291 e. The highest BCUT2D eigenvalue weighted by Crippen LogP contribution is 2.24. The van der Waals surface area contributed by atoms with Crippen LogP contribution in [-0.4, -0.2) is 42.0 Å². The van der Waals surface area contributed by atoms with Crippen molar-refractivity contribution in [3.63, 3.8) is 0 Å². The molecule has 0 radical (unpaired) electrons. The zero-order valence-corrected chi connectivity index (χ0v) is 18.3. The van der Waals surface area contributed by atoms with E-state index < -0.39 is 4.92 Å². The second kappa shape index (κ2) is 10.3. The van der Waals surface area contributed by atoms with E-state index >= 15 is 0 Å². The molecule has 1 saturated heterocycles. The Kier molecular flexibility index (Phi) is 7.01. The summed E-state index contributed by atoms with van der Waals surface area (Å²) in [7, 11) is 0. The Bertz CT molecular complexity index is 1140. The van der Waals surface area contributed by atoms with Crippen LogP contribution in [0.1, 0.15) is 27.4 Å². The van der Waals surface area contributed by atoms with Gasteiger partial charge in [0, 0.05) is 37.0 Å². The van der Waals surface area contributed by atoms with E-state index in [-0.39, 0.29) is 24.0 Å². The van der Waals surface area contributed by atoms with Gasteiger partial charge >= 0.3 is 0 Å². The fourth-order valence-electron chi connectivity index (χ4n) is 3.61. The highest BCUT2D eigenvalue weighted by molar-refractivity contribution is 6.02. The van der Waals surface area contributed by atoms with Crippen LogP contribution in [0.5, 0.6) is 5.75 Å². The molecule has 172 valence electrons. The molecule has 1 amide bonds. The summed E-state index contributed by atoms with van der Waals surface area (Å²) in [5, 5.41) is 13.8. The lowest BCUT2D eigenvalue weighted by atomic mass is 10.2. The van der Waals surface area contributed by atoms with Gasteiger partial charge in [0.15, 0.2) is 5.76 Å². The van der Waals surface area contributed by atoms with Gasteiger partial charge in [0.1, 0.15) is 18.1 Å². The van der Waals surface area contributed by atoms with E-state index in [4.69, 9.17) is 13.9 Å². The van der Waals surface area contributed by atoms with Crippen LogP contribution in [0.25, 0.3) is 0 Å². The van der Waals surface area contributed by atoms with Crippen LogP contribution in [-0.2, 0) is 17.9 Å². The number of carbonyl (C=O) groups is 1. The van der Waals surface area contributed by atoms with Gasteiger partial charge < -0.3 is 19.2 Å². The number of nitro groups is 1. The molecule has 9 heteroatoms. The van der Waals surface area contributed by atoms with Crippen LogP contribution < -0.4 is 10.1 Å². The fraction of sp³-hybridized carbons (Fsp3) is 0.292. The molecule has 0 bridgehead atoms. The van der Waals surface area contributed by atoms with Crippen molar-refractivity contribution >= 4 is 17.3 Å². The Hall–Kier alpha value is -3.69. The summed E-state index contributed by atoms with van der Waals surface area (Å²) in [6, 6.07) is 15.5. The zero-order valence-electron chi connectivity index (χ0n) is 18.3. The Morgan fingerprint density at radius 3 is 2.73 bits per heavy atom. The molecule has 1 aliphatic heterocycles. The van der Waals surface area contributed by atoms with Crippen LogP contribution >= 0.6 is 0 Å². The molecular formula is C24H25N3O6. The number of rotatable bonds is 8. The van der Waals surface area contributed by atoms with Crippen molar-refractivity contribution in [1.29, 1.82) is 0 Å². The van der Waals surface area contributed by atoms with Crippen molar-refractivity contribution in [2.45, 2.75) is 20.1 Å². The lowest BCUT2D eigenvalue weighted by molar-refractivity contribution is -0.385. The predicted octanol–water partition coefficient (Wildman–Crippen LogP) is 4.16. The number of aryl methyl sites for hydroxylation is 1. The Morgan fingerprint density at radius 2 is 1.97 bits per heavy atom. The zero-order chi connectivity index (χ0) is 23.2. The van der Waals surface area contributed by atoms with Crippen molar-refractivity contribution in [3.05, 3.63) is 87.4 Å². The van der Waals surface area contributed by atoms with Crippen molar-refractivity contribution in [2.24, 2.45) is 0 Å². The summed E-state index contributed by atoms with van der Waals surface area (Å²) in [4.78, 5) is 25.4. The second-order valence-corrected chi connectivity index (χ2v) is 7.80. The number of nitrogens with one attached hydrogen (secondary N) is 1. The third-order valence-electron chi connectivity index (χ3n) is 5.33. The van der Waals surface area contributed by atoms with E-state index in [2.05, 4.69) is 10.2 Å². The molecule has 9 nitrogen and oxygen atoms in total. The van der Waals surface area contributed by atoms with Crippen LogP contribution in [0.3, 0.4) is 0 Å². The maximum absolute atomic E-state index is 12.6. The van der Waals surface area contributed by atoms with Gasteiger partial charge in [-0.3, -0.25) is 19.8 Å². The van der Waals surface area contributed by atoms with Gasteiger partial charge in [-0.2, -0.15) is 0 Å². The number of hydrogen-bond acceptors (Lipinski definition) is 7. The third kappa shape index (κ3) is 5.97. The van der Waals surface area contributed by atoms with Crippen molar-refractivity contribution in [3.8, 4) is 5.75 Å². The summed E-state index contributed by atoms with van der Waals surface area (Å²) in [5.74, 6) is 0.776. The summed E-state index contributed by atoms with van der Waals surface area (Å²) < 4.78 is 16.6. The van der Waals surface area contributed by atoms with Gasteiger partial charge in [0.25, 0.3) is 11.6 Å². The number of morpholine rings is 1. The quantitative estimate of drug-likeness (QED) is 0.405. The molecule has 4 rings (SSSR count). The topological polar surface area (TPSA) is 107 Å². The number of benzene rings is 2. The molecule has 2 heterocycles. The standard InChI is InChI=1S/C24H25N3O6/c1-17-13-20(5-7-22(17)27(29)30)32-16-21-6-8-23(33-21)24(28)25-19-4-2-3-18(14-19)15-26-9-11-31-12-10-26/h2-8,13-14H,9-12,15-16H2,1H3,(H,25,28). The van der Waals surface area contributed by atoms with Crippen molar-refractivity contribution in [1.82, 2.24) is 4.90 Å². The molecule has 33 heavy (non-hydrogen) atoms. The number of hydrogen-bond donors (Lipinski definition) is 1. The Balaban J connectivity index is 1.33. The van der Waals surface area contributed by atoms with Gasteiger partial charge in [-0.05, 0) is 48.9 Å². The van der Waals surface area contributed by atoms with Gasteiger partial charge in [0.2, 0.25) is 0 Å². The van der Waals surface area contributed by atoms with Gasteiger partial charge in [-0.25, -0.2) is 0 Å². The number of anilines is 1. The van der Waals surface area contributed by atoms with E-state index in [0.717, 1.165) is 38.4 Å². The highest BCUT2D eigenvalue weighted by atomic mass is 16.6. The lowest BCUT2D eigenvalue weighted by Crippen LogP contribution is -2.35. The first kappa shape index (κ1) is 22.5. The molecule has 0 aliphatic carbocycles. The van der Waals surface area contributed by atoms with E-state index in [9.17, 15) is 14.9 Å². The molecular weight excluding hydrogens is 426 g/mol. The largest absolute Gasteiger partial charge is 0.486 e. The minimum Gasteiger partial charge on any atom is -0.486 e. The molecule has 0 spiro atoms. The molecule has 2 aromatic carbocycles. The Labute approximate surface area is 191 Å². The van der Waals surface area contributed by atoms with Crippen LogP contribution in [0.2, 0.25) is 0 Å². The molecule has 1 aromatic heterocycles. The molecule has 3 aromatic rings. The molecule has 1 fully saturated rings. The smallest absolute Gasteiger partial charge is 0.291 e. The summed E-state index contributed by atoms with van der Waals surface area (Å²) in [5.41, 5.74) is 2.35.